The van der Waals surface area contributed by atoms with Crippen molar-refractivity contribution in [2.45, 2.75) is 26.6 Å². The number of aromatic amines is 1. The zero-order valence-electron chi connectivity index (χ0n) is 22.5. The van der Waals surface area contributed by atoms with Crippen LogP contribution >= 0.6 is 0 Å². The number of H-pyrrole nitrogens is 1. The maximum Gasteiger partial charge on any atom is 0.280 e. The molecule has 0 atom stereocenters. The minimum Gasteiger partial charge on any atom is -0.489 e. The SMILES string of the molecule is Cc1c2c(=O)n(-c3ccc(OCc4ccccc4)cc3)[nH]c2cc(=O)n1Cc1ccccc1CN1CCOCC1. The molecule has 0 spiro atoms. The summed E-state index contributed by atoms with van der Waals surface area (Å²) in [5.41, 5.74) is 4.82. The summed E-state index contributed by atoms with van der Waals surface area (Å²) < 4.78 is 14.5. The van der Waals surface area contributed by atoms with E-state index in [0.717, 1.165) is 44.0 Å². The maximum atomic E-state index is 13.6. The third-order valence-electron chi connectivity index (χ3n) is 7.51. The lowest BCUT2D eigenvalue weighted by Crippen LogP contribution is -2.36. The van der Waals surface area contributed by atoms with E-state index in [4.69, 9.17) is 9.47 Å². The van der Waals surface area contributed by atoms with Crippen LogP contribution in [0.5, 0.6) is 5.75 Å². The largest absolute Gasteiger partial charge is 0.489 e. The van der Waals surface area contributed by atoms with Crippen molar-refractivity contribution in [2.75, 3.05) is 26.3 Å². The second-order valence-corrected chi connectivity index (χ2v) is 10.1. The van der Waals surface area contributed by atoms with Gasteiger partial charge in [-0.3, -0.25) is 19.6 Å². The van der Waals surface area contributed by atoms with Gasteiger partial charge in [0.1, 0.15) is 12.4 Å². The van der Waals surface area contributed by atoms with Crippen molar-refractivity contribution in [1.29, 1.82) is 0 Å². The Balaban J connectivity index is 1.27. The molecule has 1 fully saturated rings. The van der Waals surface area contributed by atoms with Crippen molar-refractivity contribution in [2.24, 2.45) is 0 Å². The number of fused-ring (bicyclic) bond motifs is 1. The summed E-state index contributed by atoms with van der Waals surface area (Å²) >= 11 is 0. The average Bonchev–Trinajstić information content (AvgIpc) is 3.32. The smallest absolute Gasteiger partial charge is 0.280 e. The van der Waals surface area contributed by atoms with E-state index in [-0.39, 0.29) is 11.1 Å². The number of benzene rings is 3. The van der Waals surface area contributed by atoms with E-state index in [1.165, 1.54) is 16.3 Å². The summed E-state index contributed by atoms with van der Waals surface area (Å²) in [6.07, 6.45) is 0. The molecular formula is C32H32N4O4. The van der Waals surface area contributed by atoms with Gasteiger partial charge in [0, 0.05) is 31.4 Å². The molecule has 5 aromatic rings. The van der Waals surface area contributed by atoms with E-state index >= 15 is 0 Å². The van der Waals surface area contributed by atoms with Crippen LogP contribution in [0.25, 0.3) is 16.6 Å². The molecule has 0 unspecified atom stereocenters. The Morgan fingerprint density at radius 2 is 1.52 bits per heavy atom. The van der Waals surface area contributed by atoms with Gasteiger partial charge in [0.05, 0.1) is 36.3 Å². The summed E-state index contributed by atoms with van der Waals surface area (Å²) in [4.78, 5) is 29.2. The van der Waals surface area contributed by atoms with Crippen LogP contribution in [-0.4, -0.2) is 45.6 Å². The summed E-state index contributed by atoms with van der Waals surface area (Å²) in [5.74, 6) is 0.711. The second kappa shape index (κ2) is 11.4. The molecule has 0 amide bonds. The number of pyridine rings is 1. The van der Waals surface area contributed by atoms with Crippen LogP contribution in [0.15, 0.2) is 94.5 Å². The zero-order chi connectivity index (χ0) is 27.5. The van der Waals surface area contributed by atoms with Crippen molar-refractivity contribution in [1.82, 2.24) is 19.2 Å². The molecule has 3 aromatic carbocycles. The lowest BCUT2D eigenvalue weighted by atomic mass is 10.1. The Morgan fingerprint density at radius 3 is 2.25 bits per heavy atom. The number of aromatic nitrogens is 3. The molecular weight excluding hydrogens is 504 g/mol. The fourth-order valence-corrected chi connectivity index (χ4v) is 5.26. The van der Waals surface area contributed by atoms with E-state index in [9.17, 15) is 9.59 Å². The third kappa shape index (κ3) is 5.36. The van der Waals surface area contributed by atoms with Crippen LogP contribution in [0.2, 0.25) is 0 Å². The summed E-state index contributed by atoms with van der Waals surface area (Å²) in [7, 11) is 0. The highest BCUT2D eigenvalue weighted by molar-refractivity contribution is 5.80. The first-order valence-corrected chi connectivity index (χ1v) is 13.6. The minimum absolute atomic E-state index is 0.149. The van der Waals surface area contributed by atoms with Gasteiger partial charge in [-0.1, -0.05) is 54.6 Å². The van der Waals surface area contributed by atoms with Crippen LogP contribution in [0.1, 0.15) is 22.4 Å². The van der Waals surface area contributed by atoms with Crippen LogP contribution in [0.4, 0.5) is 0 Å². The van der Waals surface area contributed by atoms with Crippen molar-refractivity contribution in [3.63, 3.8) is 0 Å². The monoisotopic (exact) mass is 536 g/mol. The molecule has 0 bridgehead atoms. The average molecular weight is 537 g/mol. The standard InChI is InChI=1S/C32H32N4O4/c1-23-31-29(19-30(37)35(23)21-26-10-6-5-9-25(26)20-34-15-17-39-18-16-34)33-36(32(31)38)27-11-13-28(14-12-27)40-22-24-7-3-2-4-8-24/h2-14,19,33H,15-18,20-22H2,1H3. The Kier molecular flexibility index (Phi) is 7.35. The summed E-state index contributed by atoms with van der Waals surface area (Å²) in [6.45, 7) is 6.77. The molecule has 40 heavy (non-hydrogen) atoms. The van der Waals surface area contributed by atoms with E-state index < -0.39 is 0 Å². The van der Waals surface area contributed by atoms with Gasteiger partial charge >= 0.3 is 0 Å². The summed E-state index contributed by atoms with van der Waals surface area (Å²) in [5, 5.41) is 3.64. The number of morpholine rings is 1. The molecule has 3 heterocycles. The van der Waals surface area contributed by atoms with Gasteiger partial charge in [0.2, 0.25) is 0 Å². The Labute approximate surface area is 232 Å². The normalized spacial score (nSPS) is 14.0. The van der Waals surface area contributed by atoms with E-state index in [1.54, 1.807) is 4.57 Å². The predicted molar refractivity (Wildman–Crippen MR) is 155 cm³/mol. The number of nitrogens with zero attached hydrogens (tertiary/aromatic N) is 3. The number of aryl methyl sites for hydroxylation is 1. The topological polar surface area (TPSA) is 81.5 Å². The molecule has 0 aliphatic carbocycles. The lowest BCUT2D eigenvalue weighted by Gasteiger charge is -2.27. The molecule has 6 rings (SSSR count). The first kappa shape index (κ1) is 25.9. The number of ether oxygens (including phenoxy) is 2. The molecule has 2 aromatic heterocycles. The van der Waals surface area contributed by atoms with E-state index in [0.29, 0.717) is 41.2 Å². The predicted octanol–water partition coefficient (Wildman–Crippen LogP) is 4.25. The lowest BCUT2D eigenvalue weighted by molar-refractivity contribution is 0.0340. The van der Waals surface area contributed by atoms with E-state index in [2.05, 4.69) is 22.1 Å². The molecule has 0 radical (unpaired) electrons. The molecule has 1 aliphatic rings. The van der Waals surface area contributed by atoms with Crippen molar-refractivity contribution in [3.8, 4) is 11.4 Å². The second-order valence-electron chi connectivity index (χ2n) is 10.1. The highest BCUT2D eigenvalue weighted by Gasteiger charge is 2.17. The van der Waals surface area contributed by atoms with Crippen LogP contribution in [0.3, 0.4) is 0 Å². The molecule has 8 nitrogen and oxygen atoms in total. The van der Waals surface area contributed by atoms with Gasteiger partial charge < -0.3 is 14.0 Å². The Morgan fingerprint density at radius 1 is 0.850 bits per heavy atom. The number of rotatable bonds is 8. The quantitative estimate of drug-likeness (QED) is 0.321. The van der Waals surface area contributed by atoms with Gasteiger partial charge in [-0.05, 0) is 47.9 Å². The highest BCUT2D eigenvalue weighted by Crippen LogP contribution is 2.20. The fraction of sp³-hybridized carbons (Fsp3) is 0.250. The van der Waals surface area contributed by atoms with Crippen LogP contribution in [0, 0.1) is 6.92 Å². The van der Waals surface area contributed by atoms with Gasteiger partial charge in [-0.25, -0.2) is 4.68 Å². The van der Waals surface area contributed by atoms with Gasteiger partial charge in [-0.2, -0.15) is 0 Å². The summed E-state index contributed by atoms with van der Waals surface area (Å²) in [6, 6.07) is 27.0. The first-order chi connectivity index (χ1) is 19.6. The molecule has 8 heteroatoms. The Hall–Kier alpha value is -4.40. The van der Waals surface area contributed by atoms with Crippen LogP contribution in [-0.2, 0) is 24.4 Å². The Bertz CT molecular complexity index is 1730. The molecule has 0 saturated carbocycles. The van der Waals surface area contributed by atoms with Gasteiger partial charge in [-0.15, -0.1) is 0 Å². The number of nitrogens with one attached hydrogen (secondary N) is 1. The maximum absolute atomic E-state index is 13.6. The van der Waals surface area contributed by atoms with Gasteiger partial charge in [0.25, 0.3) is 11.1 Å². The third-order valence-corrected chi connectivity index (χ3v) is 7.51. The van der Waals surface area contributed by atoms with Crippen LogP contribution < -0.4 is 15.9 Å². The fourth-order valence-electron chi connectivity index (χ4n) is 5.26. The van der Waals surface area contributed by atoms with Crippen molar-refractivity contribution < 1.29 is 9.47 Å². The highest BCUT2D eigenvalue weighted by atomic mass is 16.5. The molecule has 204 valence electrons. The minimum atomic E-state index is -0.194. The van der Waals surface area contributed by atoms with E-state index in [1.807, 2.05) is 73.7 Å². The number of hydrogen-bond donors (Lipinski definition) is 1. The van der Waals surface area contributed by atoms with Crippen molar-refractivity contribution >= 4 is 10.9 Å². The molecule has 1 saturated heterocycles. The van der Waals surface area contributed by atoms with Gasteiger partial charge in [0.15, 0.2) is 0 Å². The zero-order valence-corrected chi connectivity index (χ0v) is 22.5. The van der Waals surface area contributed by atoms with Crippen molar-refractivity contribution in [3.05, 3.63) is 128 Å². The molecule has 1 aliphatic heterocycles. The molecule has 1 N–H and O–H groups in total. The number of hydrogen-bond acceptors (Lipinski definition) is 5. The first-order valence-electron chi connectivity index (χ1n) is 13.6.